The summed E-state index contributed by atoms with van der Waals surface area (Å²) < 4.78 is 2.40. The molecule has 0 saturated heterocycles. The first-order valence-corrected chi connectivity index (χ1v) is 34.5. The number of nitrogens with zero attached hydrogens (tertiary/aromatic N) is 4. The van der Waals surface area contributed by atoms with Crippen molar-refractivity contribution >= 4 is 84.3 Å². The van der Waals surface area contributed by atoms with E-state index in [4.69, 9.17) is 0 Å². The van der Waals surface area contributed by atoms with Gasteiger partial charge in [-0.15, -0.1) is 11.3 Å². The summed E-state index contributed by atoms with van der Waals surface area (Å²) >= 11 is 1.84. The zero-order chi connectivity index (χ0) is 65.9. The van der Waals surface area contributed by atoms with Crippen molar-refractivity contribution in [3.8, 4) is 82.2 Å². The number of benzene rings is 15. The summed E-state index contributed by atoms with van der Waals surface area (Å²) in [6.07, 6.45) is 0. The van der Waals surface area contributed by atoms with E-state index >= 15 is 0 Å². The lowest BCUT2D eigenvalue weighted by atomic mass is 9.98. The Labute approximate surface area is 582 Å². The van der Waals surface area contributed by atoms with Crippen LogP contribution in [0.2, 0.25) is 0 Å². The third-order valence-electron chi connectivity index (χ3n) is 18.8. The van der Waals surface area contributed by atoms with E-state index in [0.29, 0.717) is 0 Å². The standard InChI is InChI=1S/C94H66N4S/c1-7-19-75(20-8-1)93-63-64-94(99-93)76-37-35-74(36-38-76)78-50-62-92-90(66-78)89-65-77(49-61-91(89)98(92)83-29-17-6-18-30-83)73-33-31-67(32-34-73)68-39-55-86(56-40-68)97(87-57-45-71(46-58-87)69-41-51-84(52-42-69)95(79-21-9-2-10-22-79)80-23-11-3-12-24-80)88-59-47-72(48-60-88)70-43-53-85(54-44-70)96(81-25-13-4-14-26-81)82-27-15-5-16-28-82/h1-66H. The third kappa shape index (κ3) is 12.2. The van der Waals surface area contributed by atoms with Gasteiger partial charge in [0.1, 0.15) is 0 Å². The molecule has 0 fully saturated rings. The molecular weight excluding hydrogens is 1220 g/mol. The Hall–Kier alpha value is -12.8. The number of para-hydroxylation sites is 5. The Bertz CT molecular complexity index is 5320. The molecule has 0 N–H and O–H groups in total. The van der Waals surface area contributed by atoms with Gasteiger partial charge >= 0.3 is 0 Å². The lowest BCUT2D eigenvalue weighted by Crippen LogP contribution is -2.10. The van der Waals surface area contributed by atoms with Crippen molar-refractivity contribution < 1.29 is 0 Å². The van der Waals surface area contributed by atoms with E-state index in [9.17, 15) is 0 Å². The highest BCUT2D eigenvalue weighted by Gasteiger charge is 2.20. The van der Waals surface area contributed by atoms with E-state index in [-0.39, 0.29) is 0 Å². The predicted molar refractivity (Wildman–Crippen MR) is 421 cm³/mol. The van der Waals surface area contributed by atoms with E-state index in [1.807, 2.05) is 11.3 Å². The van der Waals surface area contributed by atoms with Crippen LogP contribution in [0.25, 0.3) is 104 Å². The van der Waals surface area contributed by atoms with Gasteiger partial charge in [-0.25, -0.2) is 0 Å². The molecule has 2 aromatic heterocycles. The van der Waals surface area contributed by atoms with Gasteiger partial charge in [-0.3, -0.25) is 0 Å². The summed E-state index contributed by atoms with van der Waals surface area (Å²) in [6, 6.07) is 145. The molecule has 0 unspecified atom stereocenters. The predicted octanol–water partition coefficient (Wildman–Crippen LogP) is 26.9. The first-order chi connectivity index (χ1) is 49.1. The fraction of sp³-hybridized carbons (Fsp3) is 0. The molecule has 0 aliphatic heterocycles. The quantitative estimate of drug-likeness (QED) is 0.0903. The minimum absolute atomic E-state index is 1.06. The zero-order valence-electron chi connectivity index (χ0n) is 54.3. The number of hydrogen-bond donors (Lipinski definition) is 0. The SMILES string of the molecule is c1ccc(-c2ccc(-c3ccc(-c4ccc5c(c4)c4cc(-c6ccc(-c7ccc(N(c8ccc(-c9ccc(N(c%10ccccc%10)c%10ccccc%10)cc9)cc8)c8ccc(-c9ccc(N(c%10ccccc%10)c%10ccccc%10)cc9)cc8)cc7)cc6)ccc4n5-c4ccccc4)cc3)s2)cc1. The van der Waals surface area contributed by atoms with Gasteiger partial charge in [0.2, 0.25) is 0 Å². The molecule has 0 bridgehead atoms. The van der Waals surface area contributed by atoms with Gasteiger partial charge in [0, 0.05) is 77.4 Å². The van der Waals surface area contributed by atoms with Gasteiger partial charge in [-0.1, -0.05) is 243 Å². The average molecular weight is 1280 g/mol. The van der Waals surface area contributed by atoms with Crippen molar-refractivity contribution in [3.05, 3.63) is 400 Å². The average Bonchev–Trinajstić information content (AvgIpc) is 1.59. The van der Waals surface area contributed by atoms with Gasteiger partial charge in [0.05, 0.1) is 11.0 Å². The molecule has 0 aliphatic carbocycles. The number of fused-ring (bicyclic) bond motifs is 3. The topological polar surface area (TPSA) is 14.7 Å². The second kappa shape index (κ2) is 26.8. The summed E-state index contributed by atoms with van der Waals surface area (Å²) in [5.74, 6) is 0. The van der Waals surface area contributed by atoms with Crippen LogP contribution in [0.4, 0.5) is 51.2 Å². The van der Waals surface area contributed by atoms with Gasteiger partial charge in [0.15, 0.2) is 0 Å². The minimum Gasteiger partial charge on any atom is -0.311 e. The highest BCUT2D eigenvalue weighted by atomic mass is 32.1. The lowest BCUT2D eigenvalue weighted by molar-refractivity contribution is 1.18. The van der Waals surface area contributed by atoms with Crippen LogP contribution in [-0.4, -0.2) is 4.57 Å². The summed E-state index contributed by atoms with van der Waals surface area (Å²) in [4.78, 5) is 9.50. The van der Waals surface area contributed by atoms with E-state index in [1.54, 1.807) is 0 Å². The molecule has 0 amide bonds. The van der Waals surface area contributed by atoms with Crippen LogP contribution in [0.15, 0.2) is 400 Å². The molecule has 17 rings (SSSR count). The third-order valence-corrected chi connectivity index (χ3v) is 20.0. The second-order valence-corrected chi connectivity index (χ2v) is 26.0. The van der Waals surface area contributed by atoms with E-state index in [0.717, 1.165) is 90.3 Å². The smallest absolute Gasteiger partial charge is 0.0541 e. The second-order valence-electron chi connectivity index (χ2n) is 24.9. The largest absolute Gasteiger partial charge is 0.311 e. The van der Waals surface area contributed by atoms with Crippen LogP contribution in [0.1, 0.15) is 0 Å². The molecule has 0 spiro atoms. The molecule has 5 heteroatoms. The molecule has 0 atom stereocenters. The Kier molecular flexibility index (Phi) is 16.2. The normalized spacial score (nSPS) is 11.2. The monoisotopic (exact) mass is 1280 g/mol. The number of thiophene rings is 1. The number of hydrogen-bond acceptors (Lipinski definition) is 4. The Morgan fingerprint density at radius 1 is 0.172 bits per heavy atom. The summed E-state index contributed by atoms with van der Waals surface area (Å²) in [6.45, 7) is 0. The molecule has 0 radical (unpaired) electrons. The lowest BCUT2D eigenvalue weighted by Gasteiger charge is -2.27. The van der Waals surface area contributed by atoms with Crippen LogP contribution in [0.5, 0.6) is 0 Å². The molecule has 15 aromatic carbocycles. The van der Waals surface area contributed by atoms with Gasteiger partial charge < -0.3 is 19.3 Å². The van der Waals surface area contributed by atoms with Crippen molar-refractivity contribution in [1.82, 2.24) is 4.57 Å². The van der Waals surface area contributed by atoms with Crippen molar-refractivity contribution in [2.45, 2.75) is 0 Å². The van der Waals surface area contributed by atoms with Crippen molar-refractivity contribution in [3.63, 3.8) is 0 Å². The van der Waals surface area contributed by atoms with Gasteiger partial charge in [-0.05, 0) is 224 Å². The molecular formula is C94H66N4S. The molecule has 0 saturated carbocycles. The molecule has 99 heavy (non-hydrogen) atoms. The highest BCUT2D eigenvalue weighted by Crippen LogP contribution is 2.44. The van der Waals surface area contributed by atoms with Crippen LogP contribution in [0, 0.1) is 0 Å². The molecule has 468 valence electrons. The van der Waals surface area contributed by atoms with Gasteiger partial charge in [0.25, 0.3) is 0 Å². The fourth-order valence-corrected chi connectivity index (χ4v) is 14.9. The van der Waals surface area contributed by atoms with Crippen molar-refractivity contribution in [2.24, 2.45) is 0 Å². The molecule has 17 aromatic rings. The summed E-state index contributed by atoms with van der Waals surface area (Å²) in [5, 5.41) is 2.44. The summed E-state index contributed by atoms with van der Waals surface area (Å²) in [7, 11) is 0. The number of rotatable bonds is 17. The molecule has 2 heterocycles. The van der Waals surface area contributed by atoms with E-state index in [1.165, 1.54) is 64.9 Å². The maximum atomic E-state index is 2.40. The molecule has 0 aliphatic rings. The first-order valence-electron chi connectivity index (χ1n) is 33.7. The summed E-state index contributed by atoms with van der Waals surface area (Å²) in [5.41, 5.74) is 27.4. The first kappa shape index (κ1) is 59.9. The van der Waals surface area contributed by atoms with Crippen molar-refractivity contribution in [2.75, 3.05) is 14.7 Å². The van der Waals surface area contributed by atoms with Gasteiger partial charge in [-0.2, -0.15) is 0 Å². The Balaban J connectivity index is 0.666. The maximum absolute atomic E-state index is 2.40. The van der Waals surface area contributed by atoms with Crippen LogP contribution < -0.4 is 14.7 Å². The number of aromatic nitrogens is 1. The number of anilines is 9. The van der Waals surface area contributed by atoms with E-state index in [2.05, 4.69) is 420 Å². The zero-order valence-corrected chi connectivity index (χ0v) is 55.1. The minimum atomic E-state index is 1.06. The van der Waals surface area contributed by atoms with Crippen LogP contribution >= 0.6 is 11.3 Å². The maximum Gasteiger partial charge on any atom is 0.0541 e. The van der Waals surface area contributed by atoms with Crippen LogP contribution in [0.3, 0.4) is 0 Å². The molecule has 4 nitrogen and oxygen atoms in total. The van der Waals surface area contributed by atoms with E-state index < -0.39 is 0 Å². The fourth-order valence-electron chi connectivity index (χ4n) is 13.8. The highest BCUT2D eigenvalue weighted by molar-refractivity contribution is 7.18. The Morgan fingerprint density at radius 2 is 0.384 bits per heavy atom. The van der Waals surface area contributed by atoms with Crippen LogP contribution in [-0.2, 0) is 0 Å². The Morgan fingerprint density at radius 3 is 0.677 bits per heavy atom. The van der Waals surface area contributed by atoms with Crippen molar-refractivity contribution in [1.29, 1.82) is 0 Å².